The molecule has 0 saturated carbocycles. The minimum Gasteiger partial charge on any atom is -0.342 e. The van der Waals surface area contributed by atoms with Crippen molar-refractivity contribution in [3.8, 4) is 11.4 Å². The zero-order valence-corrected chi connectivity index (χ0v) is 15.6. The van der Waals surface area contributed by atoms with E-state index in [0.29, 0.717) is 24.8 Å². The fourth-order valence-electron chi connectivity index (χ4n) is 3.66. The Morgan fingerprint density at radius 1 is 1.04 bits per heavy atom. The van der Waals surface area contributed by atoms with Crippen LogP contribution in [-0.2, 0) is 11.3 Å². The molecule has 8 nitrogen and oxygen atoms in total. The number of nitrogens with zero attached hydrogens (tertiary/aromatic N) is 6. The van der Waals surface area contributed by atoms with Crippen LogP contribution < -0.4 is 0 Å². The van der Waals surface area contributed by atoms with E-state index < -0.39 is 0 Å². The van der Waals surface area contributed by atoms with Crippen LogP contribution in [0.25, 0.3) is 11.4 Å². The first-order valence-electron chi connectivity index (χ1n) is 9.73. The molecule has 2 aliphatic heterocycles. The molecule has 0 bridgehead atoms. The van der Waals surface area contributed by atoms with Gasteiger partial charge in [-0.15, -0.1) is 0 Å². The Morgan fingerprint density at radius 2 is 1.81 bits per heavy atom. The topological polar surface area (TPSA) is 78.6 Å². The minimum absolute atomic E-state index is 0.279. The lowest BCUT2D eigenvalue weighted by atomic mass is 10.1. The van der Waals surface area contributed by atoms with E-state index in [4.69, 9.17) is 4.52 Å². The van der Waals surface area contributed by atoms with Gasteiger partial charge in [0.1, 0.15) is 0 Å². The van der Waals surface area contributed by atoms with Crippen LogP contribution in [0.4, 0.5) is 0 Å². The van der Waals surface area contributed by atoms with Crippen LogP contribution in [0.5, 0.6) is 0 Å². The fourth-order valence-corrected chi connectivity index (χ4v) is 3.66. The number of carbonyl (C=O) groups is 1. The summed E-state index contributed by atoms with van der Waals surface area (Å²) in [4.78, 5) is 27.5. The average molecular weight is 370 g/mol. The number of carbonyl (C=O) groups excluding carboxylic acids is 1. The summed E-state index contributed by atoms with van der Waals surface area (Å²) in [5.41, 5.74) is 0.855. The molecule has 144 valence electrons. The van der Waals surface area contributed by atoms with Gasteiger partial charge in [-0.25, -0.2) is 0 Å². The Labute approximate surface area is 159 Å². The summed E-state index contributed by atoms with van der Waals surface area (Å²) in [6, 6.07) is 3.77. The van der Waals surface area contributed by atoms with Gasteiger partial charge in [0.05, 0.1) is 13.1 Å². The first kappa shape index (κ1) is 18.1. The molecular weight excluding hydrogens is 344 g/mol. The quantitative estimate of drug-likeness (QED) is 0.784. The molecule has 2 aliphatic rings. The summed E-state index contributed by atoms with van der Waals surface area (Å²) in [5, 5.41) is 4.04. The number of likely N-dealkylation sites (tertiary alicyclic amines) is 1. The Kier molecular flexibility index (Phi) is 5.74. The van der Waals surface area contributed by atoms with E-state index in [-0.39, 0.29) is 5.91 Å². The molecule has 0 unspecified atom stereocenters. The first-order valence-corrected chi connectivity index (χ1v) is 9.73. The molecule has 0 spiro atoms. The Bertz CT molecular complexity index is 736. The SMILES string of the molecule is O=C(CN1CCN(Cc2nc(-c3cccnc3)no2)CC1)N1CCCCC1. The summed E-state index contributed by atoms with van der Waals surface area (Å²) in [6.45, 7) is 6.62. The molecular formula is C19H26N6O2. The van der Waals surface area contributed by atoms with Gasteiger partial charge in [-0.2, -0.15) is 4.98 Å². The van der Waals surface area contributed by atoms with E-state index >= 15 is 0 Å². The lowest BCUT2D eigenvalue weighted by Gasteiger charge is -2.35. The summed E-state index contributed by atoms with van der Waals surface area (Å²) in [6.07, 6.45) is 6.99. The monoisotopic (exact) mass is 370 g/mol. The summed E-state index contributed by atoms with van der Waals surface area (Å²) < 4.78 is 5.39. The number of amides is 1. The van der Waals surface area contributed by atoms with E-state index in [1.807, 2.05) is 17.0 Å². The largest absolute Gasteiger partial charge is 0.342 e. The van der Waals surface area contributed by atoms with Crippen molar-refractivity contribution in [3.05, 3.63) is 30.4 Å². The van der Waals surface area contributed by atoms with Crippen molar-refractivity contribution < 1.29 is 9.32 Å². The van der Waals surface area contributed by atoms with E-state index in [9.17, 15) is 4.79 Å². The molecule has 8 heteroatoms. The molecule has 4 rings (SSSR count). The van der Waals surface area contributed by atoms with Crippen LogP contribution in [0.3, 0.4) is 0 Å². The van der Waals surface area contributed by atoms with Gasteiger partial charge in [-0.1, -0.05) is 5.16 Å². The summed E-state index contributed by atoms with van der Waals surface area (Å²) in [7, 11) is 0. The van der Waals surface area contributed by atoms with Crippen LogP contribution in [0.1, 0.15) is 25.2 Å². The third-order valence-electron chi connectivity index (χ3n) is 5.28. The van der Waals surface area contributed by atoms with Gasteiger partial charge in [0, 0.05) is 57.2 Å². The van der Waals surface area contributed by atoms with Gasteiger partial charge < -0.3 is 9.42 Å². The number of hydrogen-bond donors (Lipinski definition) is 0. The number of rotatable bonds is 5. The van der Waals surface area contributed by atoms with Crippen molar-refractivity contribution in [2.45, 2.75) is 25.8 Å². The van der Waals surface area contributed by atoms with Gasteiger partial charge in [-0.3, -0.25) is 19.6 Å². The summed E-state index contributed by atoms with van der Waals surface area (Å²) in [5.74, 6) is 1.47. The summed E-state index contributed by atoms with van der Waals surface area (Å²) >= 11 is 0. The number of pyridine rings is 1. The molecule has 4 heterocycles. The van der Waals surface area contributed by atoms with Gasteiger partial charge in [0.2, 0.25) is 17.6 Å². The van der Waals surface area contributed by atoms with E-state index in [0.717, 1.165) is 57.7 Å². The molecule has 1 amide bonds. The van der Waals surface area contributed by atoms with Crippen LogP contribution in [0.15, 0.2) is 29.0 Å². The standard InChI is InChI=1S/C19H26N6O2/c26-18(25-7-2-1-3-8-25)15-24-11-9-23(10-12-24)14-17-21-19(22-27-17)16-5-4-6-20-13-16/h4-6,13H,1-3,7-12,14-15H2. The predicted octanol–water partition coefficient (Wildman–Crippen LogP) is 1.26. The Morgan fingerprint density at radius 3 is 2.56 bits per heavy atom. The second-order valence-electron chi connectivity index (χ2n) is 7.25. The van der Waals surface area contributed by atoms with Crippen molar-refractivity contribution in [1.29, 1.82) is 0 Å². The molecule has 27 heavy (non-hydrogen) atoms. The maximum atomic E-state index is 12.4. The second kappa shape index (κ2) is 8.58. The number of hydrogen-bond acceptors (Lipinski definition) is 7. The van der Waals surface area contributed by atoms with Crippen molar-refractivity contribution in [3.63, 3.8) is 0 Å². The fraction of sp³-hybridized carbons (Fsp3) is 0.579. The minimum atomic E-state index is 0.279. The van der Waals surface area contributed by atoms with Crippen LogP contribution in [-0.4, -0.2) is 81.5 Å². The highest BCUT2D eigenvalue weighted by molar-refractivity contribution is 5.78. The van der Waals surface area contributed by atoms with E-state index in [1.165, 1.54) is 6.42 Å². The Balaban J connectivity index is 1.24. The van der Waals surface area contributed by atoms with Crippen LogP contribution >= 0.6 is 0 Å². The van der Waals surface area contributed by atoms with Crippen molar-refractivity contribution >= 4 is 5.91 Å². The third-order valence-corrected chi connectivity index (χ3v) is 5.28. The molecule has 2 aromatic rings. The first-order chi connectivity index (χ1) is 13.3. The molecule has 2 fully saturated rings. The highest BCUT2D eigenvalue weighted by Crippen LogP contribution is 2.15. The van der Waals surface area contributed by atoms with Crippen molar-refractivity contribution in [1.82, 2.24) is 29.8 Å². The second-order valence-corrected chi connectivity index (χ2v) is 7.25. The molecule has 2 saturated heterocycles. The predicted molar refractivity (Wildman–Crippen MR) is 99.7 cm³/mol. The lowest BCUT2D eigenvalue weighted by molar-refractivity contribution is -0.133. The van der Waals surface area contributed by atoms with Gasteiger partial charge >= 0.3 is 0 Å². The molecule has 0 aromatic carbocycles. The zero-order valence-electron chi connectivity index (χ0n) is 15.6. The average Bonchev–Trinajstić information content (AvgIpc) is 3.19. The van der Waals surface area contributed by atoms with Crippen molar-refractivity contribution in [2.24, 2.45) is 0 Å². The Hall–Kier alpha value is -2.32. The van der Waals surface area contributed by atoms with Crippen molar-refractivity contribution in [2.75, 3.05) is 45.8 Å². The molecule has 0 N–H and O–H groups in total. The normalized spacial score (nSPS) is 19.3. The molecule has 2 aromatic heterocycles. The van der Waals surface area contributed by atoms with E-state index in [2.05, 4.69) is 24.9 Å². The number of piperazine rings is 1. The molecule has 0 radical (unpaired) electrons. The maximum Gasteiger partial charge on any atom is 0.241 e. The highest BCUT2D eigenvalue weighted by Gasteiger charge is 2.23. The van der Waals surface area contributed by atoms with E-state index in [1.54, 1.807) is 12.4 Å². The molecule has 0 aliphatic carbocycles. The third kappa shape index (κ3) is 4.70. The van der Waals surface area contributed by atoms with Crippen LogP contribution in [0.2, 0.25) is 0 Å². The maximum absolute atomic E-state index is 12.4. The smallest absolute Gasteiger partial charge is 0.241 e. The van der Waals surface area contributed by atoms with Gasteiger partial charge in [0.25, 0.3) is 0 Å². The molecule has 0 atom stereocenters. The lowest BCUT2D eigenvalue weighted by Crippen LogP contribution is -2.50. The highest BCUT2D eigenvalue weighted by atomic mass is 16.5. The number of piperidine rings is 1. The zero-order chi connectivity index (χ0) is 18.5. The number of aromatic nitrogens is 3. The van der Waals surface area contributed by atoms with Crippen LogP contribution in [0, 0.1) is 0 Å². The van der Waals surface area contributed by atoms with Gasteiger partial charge in [0.15, 0.2) is 0 Å². The van der Waals surface area contributed by atoms with Gasteiger partial charge in [-0.05, 0) is 31.4 Å².